The lowest BCUT2D eigenvalue weighted by atomic mass is 9.90. The van der Waals surface area contributed by atoms with E-state index in [4.69, 9.17) is 4.74 Å². The first-order chi connectivity index (χ1) is 10.2. The summed E-state index contributed by atoms with van der Waals surface area (Å²) in [6, 6.07) is 2.64. The Bertz CT molecular complexity index is 470. The van der Waals surface area contributed by atoms with Gasteiger partial charge in [0.1, 0.15) is 5.75 Å². The van der Waals surface area contributed by atoms with Crippen LogP contribution in [0.15, 0.2) is 18.5 Å². The van der Waals surface area contributed by atoms with Crippen molar-refractivity contribution in [2.45, 2.75) is 44.7 Å². The third-order valence-corrected chi connectivity index (χ3v) is 4.29. The summed E-state index contributed by atoms with van der Waals surface area (Å²) in [5.41, 5.74) is 0.587. The molecule has 1 aromatic rings. The van der Waals surface area contributed by atoms with Gasteiger partial charge >= 0.3 is 0 Å². The zero-order chi connectivity index (χ0) is 15.2. The van der Waals surface area contributed by atoms with E-state index in [0.29, 0.717) is 23.4 Å². The average Bonchev–Trinajstić information content (AvgIpc) is 2.54. The van der Waals surface area contributed by atoms with Crippen molar-refractivity contribution in [2.75, 3.05) is 20.7 Å². The van der Waals surface area contributed by atoms with Crippen molar-refractivity contribution in [1.82, 2.24) is 15.2 Å². The number of methoxy groups -OCH3 is 1. The van der Waals surface area contributed by atoms with Gasteiger partial charge in [-0.05, 0) is 38.3 Å². The summed E-state index contributed by atoms with van der Waals surface area (Å²) in [7, 11) is 3.45. The van der Waals surface area contributed by atoms with Crippen LogP contribution < -0.4 is 10.1 Å². The Morgan fingerprint density at radius 1 is 1.43 bits per heavy atom. The monoisotopic (exact) mass is 291 g/mol. The van der Waals surface area contributed by atoms with Crippen molar-refractivity contribution in [2.24, 2.45) is 0 Å². The molecule has 1 fully saturated rings. The average molecular weight is 291 g/mol. The molecule has 0 atom stereocenters. The van der Waals surface area contributed by atoms with Gasteiger partial charge in [0.05, 0.1) is 18.9 Å². The van der Waals surface area contributed by atoms with E-state index in [1.807, 2.05) is 11.9 Å². The van der Waals surface area contributed by atoms with E-state index >= 15 is 0 Å². The molecule has 21 heavy (non-hydrogen) atoms. The summed E-state index contributed by atoms with van der Waals surface area (Å²) in [6.07, 6.45) is 7.57. The molecule has 0 aromatic carbocycles. The summed E-state index contributed by atoms with van der Waals surface area (Å²) < 4.78 is 5.23. The van der Waals surface area contributed by atoms with Crippen molar-refractivity contribution < 1.29 is 9.53 Å². The van der Waals surface area contributed by atoms with E-state index in [-0.39, 0.29) is 5.91 Å². The number of rotatable bonds is 5. The highest BCUT2D eigenvalue weighted by Crippen LogP contribution is 2.25. The van der Waals surface area contributed by atoms with Crippen LogP contribution in [0.2, 0.25) is 0 Å². The number of hydrogen-bond donors (Lipinski definition) is 1. The third-order valence-electron chi connectivity index (χ3n) is 4.29. The fourth-order valence-corrected chi connectivity index (χ4v) is 3.03. The van der Waals surface area contributed by atoms with Crippen molar-refractivity contribution >= 4 is 5.91 Å². The van der Waals surface area contributed by atoms with Gasteiger partial charge in [0.15, 0.2) is 0 Å². The second kappa shape index (κ2) is 7.41. The minimum absolute atomic E-state index is 0.0150. The van der Waals surface area contributed by atoms with Gasteiger partial charge in [0, 0.05) is 25.3 Å². The lowest BCUT2D eigenvalue weighted by molar-refractivity contribution is 0.0681. The molecular weight excluding hydrogens is 266 g/mol. The number of amides is 1. The van der Waals surface area contributed by atoms with Crippen molar-refractivity contribution in [3.8, 4) is 5.75 Å². The fourth-order valence-electron chi connectivity index (χ4n) is 3.03. The maximum Gasteiger partial charge on any atom is 0.257 e. The molecule has 0 unspecified atom stereocenters. The molecule has 1 aliphatic rings. The normalized spacial score (nSPS) is 21.9. The molecule has 1 amide bonds. The van der Waals surface area contributed by atoms with Crippen LogP contribution in [-0.2, 0) is 0 Å². The van der Waals surface area contributed by atoms with Crippen LogP contribution in [-0.4, -0.2) is 48.6 Å². The number of nitrogens with one attached hydrogen (secondary N) is 1. The molecule has 0 saturated heterocycles. The molecule has 1 saturated carbocycles. The van der Waals surface area contributed by atoms with E-state index in [2.05, 4.69) is 17.2 Å². The van der Waals surface area contributed by atoms with Gasteiger partial charge in [0.2, 0.25) is 0 Å². The van der Waals surface area contributed by atoms with Crippen LogP contribution in [0, 0.1) is 0 Å². The van der Waals surface area contributed by atoms with Gasteiger partial charge in [-0.25, -0.2) is 0 Å². The van der Waals surface area contributed by atoms with E-state index < -0.39 is 0 Å². The largest absolute Gasteiger partial charge is 0.494 e. The van der Waals surface area contributed by atoms with Crippen molar-refractivity contribution in [3.63, 3.8) is 0 Å². The van der Waals surface area contributed by atoms with Crippen molar-refractivity contribution in [1.29, 1.82) is 0 Å². The maximum atomic E-state index is 12.6. The number of carbonyl (C=O) groups is 1. The molecular formula is C16H25N3O2. The molecule has 0 aliphatic heterocycles. The predicted molar refractivity (Wildman–Crippen MR) is 82.6 cm³/mol. The molecule has 5 nitrogen and oxygen atoms in total. The number of nitrogens with zero attached hydrogens (tertiary/aromatic N) is 2. The lowest BCUT2D eigenvalue weighted by Gasteiger charge is -2.35. The quantitative estimate of drug-likeness (QED) is 0.902. The van der Waals surface area contributed by atoms with Gasteiger partial charge in [-0.2, -0.15) is 0 Å². The summed E-state index contributed by atoms with van der Waals surface area (Å²) in [6.45, 7) is 3.15. The van der Waals surface area contributed by atoms with Gasteiger partial charge < -0.3 is 15.0 Å². The first-order valence-corrected chi connectivity index (χ1v) is 7.65. The van der Waals surface area contributed by atoms with Crippen LogP contribution in [0.4, 0.5) is 0 Å². The Hall–Kier alpha value is -1.62. The summed E-state index contributed by atoms with van der Waals surface area (Å²) in [5, 5.41) is 3.49. The highest BCUT2D eigenvalue weighted by atomic mass is 16.5. The number of aromatic nitrogens is 1. The molecule has 2 rings (SSSR count). The number of pyridine rings is 1. The Balaban J connectivity index is 2.00. The molecule has 5 heteroatoms. The molecule has 1 N–H and O–H groups in total. The van der Waals surface area contributed by atoms with E-state index in [0.717, 1.165) is 32.2 Å². The molecule has 0 spiro atoms. The summed E-state index contributed by atoms with van der Waals surface area (Å²) in [5.74, 6) is 0.553. The van der Waals surface area contributed by atoms with Crippen LogP contribution in [0.25, 0.3) is 0 Å². The lowest BCUT2D eigenvalue weighted by Crippen LogP contribution is -2.43. The Kier molecular flexibility index (Phi) is 5.56. The Morgan fingerprint density at radius 3 is 2.76 bits per heavy atom. The van der Waals surface area contributed by atoms with Gasteiger partial charge in [-0.3, -0.25) is 9.78 Å². The highest BCUT2D eigenvalue weighted by molar-refractivity contribution is 5.96. The molecule has 116 valence electrons. The van der Waals surface area contributed by atoms with Gasteiger partial charge in [-0.1, -0.05) is 6.92 Å². The van der Waals surface area contributed by atoms with E-state index in [1.54, 1.807) is 25.6 Å². The van der Waals surface area contributed by atoms with Gasteiger partial charge in [-0.15, -0.1) is 0 Å². The Morgan fingerprint density at radius 2 is 2.14 bits per heavy atom. The molecule has 0 radical (unpaired) electrons. The van der Waals surface area contributed by atoms with Crippen LogP contribution in [0.1, 0.15) is 43.0 Å². The smallest absolute Gasteiger partial charge is 0.257 e. The molecule has 1 aromatic heterocycles. The molecule has 1 heterocycles. The van der Waals surface area contributed by atoms with Crippen LogP contribution in [0.3, 0.4) is 0 Å². The first kappa shape index (κ1) is 15.8. The zero-order valence-electron chi connectivity index (χ0n) is 13.1. The van der Waals surface area contributed by atoms with E-state index in [9.17, 15) is 4.79 Å². The molecule has 0 bridgehead atoms. The second-order valence-electron chi connectivity index (χ2n) is 5.56. The highest BCUT2D eigenvalue weighted by Gasteiger charge is 2.27. The minimum atomic E-state index is 0.0150. The van der Waals surface area contributed by atoms with Crippen LogP contribution in [0.5, 0.6) is 5.75 Å². The fraction of sp³-hybridized carbons (Fsp3) is 0.625. The van der Waals surface area contributed by atoms with E-state index in [1.165, 1.54) is 0 Å². The SMILES string of the molecule is CCNC1CCC(N(C)C(=O)c2ccncc2OC)CC1. The van der Waals surface area contributed by atoms with Gasteiger partial charge in [0.25, 0.3) is 5.91 Å². The standard InChI is InChI=1S/C16H25N3O2/c1-4-18-12-5-7-13(8-6-12)19(2)16(20)14-9-10-17-11-15(14)21-3/h9-13,18H,4-8H2,1-3H3. The van der Waals surface area contributed by atoms with Crippen LogP contribution >= 0.6 is 0 Å². The summed E-state index contributed by atoms with van der Waals surface area (Å²) in [4.78, 5) is 18.5. The summed E-state index contributed by atoms with van der Waals surface area (Å²) >= 11 is 0. The number of hydrogen-bond acceptors (Lipinski definition) is 4. The third kappa shape index (κ3) is 3.73. The zero-order valence-corrected chi connectivity index (χ0v) is 13.1. The maximum absolute atomic E-state index is 12.6. The number of ether oxygens (including phenoxy) is 1. The predicted octanol–water partition coefficient (Wildman–Crippen LogP) is 2.08. The first-order valence-electron chi connectivity index (χ1n) is 7.65. The Labute approximate surface area is 126 Å². The minimum Gasteiger partial charge on any atom is -0.494 e. The second-order valence-corrected chi connectivity index (χ2v) is 5.56. The molecule has 1 aliphatic carbocycles. The van der Waals surface area contributed by atoms with Crippen molar-refractivity contribution in [3.05, 3.63) is 24.0 Å². The topological polar surface area (TPSA) is 54.5 Å². The number of carbonyl (C=O) groups excluding carboxylic acids is 1.